The molecule has 0 fully saturated rings. The van der Waals surface area contributed by atoms with Gasteiger partial charge in [0.25, 0.3) is 0 Å². The van der Waals surface area contributed by atoms with Gasteiger partial charge in [-0.25, -0.2) is 26.3 Å². The van der Waals surface area contributed by atoms with Gasteiger partial charge in [0.2, 0.25) is 20.0 Å². The first-order chi connectivity index (χ1) is 10.1. The predicted molar refractivity (Wildman–Crippen MR) is 84.1 cm³/mol. The molecule has 6 nitrogen and oxygen atoms in total. The van der Waals surface area contributed by atoms with Crippen LogP contribution in [-0.4, -0.2) is 35.2 Å². The predicted octanol–water partition coefficient (Wildman–Crippen LogP) is 1.25. The lowest BCUT2D eigenvalue weighted by atomic mass is 10.1. The molecule has 0 heterocycles. The molecular weight excluding hydrogens is 324 g/mol. The van der Waals surface area contributed by atoms with Crippen molar-refractivity contribution in [2.45, 2.75) is 9.79 Å². The van der Waals surface area contributed by atoms with Gasteiger partial charge in [-0.05, 0) is 35.4 Å². The fraction of sp³-hybridized carbons (Fsp3) is 0.143. The van der Waals surface area contributed by atoms with E-state index in [1.807, 2.05) is 0 Å². The van der Waals surface area contributed by atoms with Crippen molar-refractivity contribution in [3.05, 3.63) is 48.5 Å². The van der Waals surface area contributed by atoms with Gasteiger partial charge in [-0.2, -0.15) is 0 Å². The first-order valence-corrected chi connectivity index (χ1v) is 9.27. The average Bonchev–Trinajstić information content (AvgIpc) is 2.46. The Morgan fingerprint density at radius 3 is 1.41 bits per heavy atom. The van der Waals surface area contributed by atoms with Gasteiger partial charge >= 0.3 is 0 Å². The minimum absolute atomic E-state index is 0.0306. The lowest BCUT2D eigenvalue weighted by molar-refractivity contribution is 0.521. The zero-order valence-electron chi connectivity index (χ0n) is 12.1. The van der Waals surface area contributed by atoms with Crippen LogP contribution in [0.15, 0.2) is 58.3 Å². The van der Waals surface area contributed by atoms with Gasteiger partial charge in [0.15, 0.2) is 0 Å². The molecular formula is C14H16N2O4S2. The van der Waals surface area contributed by atoms with Gasteiger partial charge in [-0.1, -0.05) is 24.3 Å². The van der Waals surface area contributed by atoms with E-state index in [1.54, 1.807) is 24.3 Å². The van der Waals surface area contributed by atoms with Crippen molar-refractivity contribution in [2.75, 3.05) is 14.1 Å². The van der Waals surface area contributed by atoms with Crippen LogP contribution in [0.25, 0.3) is 11.1 Å². The highest BCUT2D eigenvalue weighted by Gasteiger charge is 2.16. The molecule has 0 aliphatic carbocycles. The average molecular weight is 340 g/mol. The summed E-state index contributed by atoms with van der Waals surface area (Å²) in [6.07, 6.45) is 0. The van der Waals surface area contributed by atoms with Crippen LogP contribution in [0, 0.1) is 0 Å². The molecule has 0 spiro atoms. The Kier molecular flexibility index (Phi) is 4.39. The molecule has 2 aromatic carbocycles. The fourth-order valence-electron chi connectivity index (χ4n) is 1.87. The van der Waals surface area contributed by atoms with Crippen LogP contribution in [0.4, 0.5) is 0 Å². The van der Waals surface area contributed by atoms with Crippen LogP contribution in [0.5, 0.6) is 0 Å². The molecule has 22 heavy (non-hydrogen) atoms. The molecule has 0 aromatic heterocycles. The normalized spacial score (nSPS) is 12.5. The minimum atomic E-state index is -3.72. The number of hydrogen-bond acceptors (Lipinski definition) is 4. The Bertz CT molecular complexity index is 869. The van der Waals surface area contributed by atoms with Gasteiger partial charge < -0.3 is 0 Å². The number of benzene rings is 2. The highest BCUT2D eigenvalue weighted by Crippen LogP contribution is 2.23. The topological polar surface area (TPSA) is 97.5 Å². The van der Waals surface area contributed by atoms with Gasteiger partial charge in [0.1, 0.15) is 0 Å². The highest BCUT2D eigenvalue weighted by molar-refractivity contribution is 7.89. The molecule has 0 radical (unpaired) electrons. The molecule has 2 N–H and O–H groups in total. The van der Waals surface area contributed by atoms with Crippen LogP contribution < -0.4 is 5.14 Å². The Morgan fingerprint density at radius 2 is 1.09 bits per heavy atom. The van der Waals surface area contributed by atoms with Gasteiger partial charge in [0.05, 0.1) is 9.79 Å². The molecule has 0 bridgehead atoms. The van der Waals surface area contributed by atoms with Crippen LogP contribution in [0.3, 0.4) is 0 Å². The second kappa shape index (κ2) is 5.81. The second-order valence-electron chi connectivity index (χ2n) is 4.88. The molecule has 2 rings (SSSR count). The van der Waals surface area contributed by atoms with Crippen LogP contribution in [0.1, 0.15) is 0 Å². The minimum Gasteiger partial charge on any atom is -0.225 e. The number of rotatable bonds is 4. The quantitative estimate of drug-likeness (QED) is 0.905. The van der Waals surface area contributed by atoms with Crippen LogP contribution in [-0.2, 0) is 20.0 Å². The number of primary sulfonamides is 1. The smallest absolute Gasteiger partial charge is 0.225 e. The van der Waals surface area contributed by atoms with Gasteiger partial charge in [-0.3, -0.25) is 0 Å². The molecule has 0 amide bonds. The van der Waals surface area contributed by atoms with E-state index in [2.05, 4.69) is 0 Å². The third-order valence-corrected chi connectivity index (χ3v) is 5.91. The van der Waals surface area contributed by atoms with Crippen molar-refractivity contribution < 1.29 is 16.8 Å². The summed E-state index contributed by atoms with van der Waals surface area (Å²) in [6.45, 7) is 0. The maximum absolute atomic E-state index is 12.0. The van der Waals surface area contributed by atoms with Crippen molar-refractivity contribution in [2.24, 2.45) is 5.14 Å². The molecule has 8 heteroatoms. The first-order valence-electron chi connectivity index (χ1n) is 6.28. The van der Waals surface area contributed by atoms with Crippen molar-refractivity contribution >= 4 is 20.0 Å². The molecule has 0 unspecified atom stereocenters. The lowest BCUT2D eigenvalue weighted by Gasteiger charge is -2.11. The summed E-state index contributed by atoms with van der Waals surface area (Å²) < 4.78 is 47.5. The molecule has 2 aromatic rings. The van der Waals surface area contributed by atoms with E-state index in [1.165, 1.54) is 38.4 Å². The summed E-state index contributed by atoms with van der Waals surface area (Å²) in [5, 5.41) is 5.04. The lowest BCUT2D eigenvalue weighted by Crippen LogP contribution is -2.22. The summed E-state index contributed by atoms with van der Waals surface area (Å²) in [4.78, 5) is 0.227. The molecule has 0 saturated carbocycles. The highest BCUT2D eigenvalue weighted by atomic mass is 32.2. The Labute approximate surface area is 130 Å². The van der Waals surface area contributed by atoms with E-state index in [0.29, 0.717) is 0 Å². The summed E-state index contributed by atoms with van der Waals surface area (Å²) in [6, 6.07) is 12.4. The maximum Gasteiger partial charge on any atom is 0.242 e. The van der Waals surface area contributed by atoms with Crippen molar-refractivity contribution in [3.8, 4) is 11.1 Å². The maximum atomic E-state index is 12.0. The van der Waals surface area contributed by atoms with Gasteiger partial charge in [-0.15, -0.1) is 0 Å². The number of sulfonamides is 2. The largest absolute Gasteiger partial charge is 0.242 e. The van der Waals surface area contributed by atoms with E-state index < -0.39 is 20.0 Å². The monoisotopic (exact) mass is 340 g/mol. The second-order valence-corrected chi connectivity index (χ2v) is 8.59. The van der Waals surface area contributed by atoms with Gasteiger partial charge in [0, 0.05) is 14.1 Å². The molecule has 0 aliphatic heterocycles. The van der Waals surface area contributed by atoms with E-state index in [-0.39, 0.29) is 9.79 Å². The summed E-state index contributed by atoms with van der Waals surface area (Å²) >= 11 is 0. The van der Waals surface area contributed by atoms with Crippen molar-refractivity contribution in [1.82, 2.24) is 4.31 Å². The van der Waals surface area contributed by atoms with E-state index >= 15 is 0 Å². The summed E-state index contributed by atoms with van der Waals surface area (Å²) in [7, 11) is -4.25. The zero-order valence-corrected chi connectivity index (χ0v) is 13.7. The Balaban J connectivity index is 2.36. The third kappa shape index (κ3) is 3.36. The number of nitrogens with two attached hydrogens (primary N) is 1. The van der Waals surface area contributed by atoms with Crippen LogP contribution >= 0.6 is 0 Å². The molecule has 0 atom stereocenters. The van der Waals surface area contributed by atoms with E-state index in [4.69, 9.17) is 5.14 Å². The van der Waals surface area contributed by atoms with E-state index in [0.717, 1.165) is 15.4 Å². The SMILES string of the molecule is CN(C)S(=O)(=O)c1ccc(-c2ccc(S(N)(=O)=O)cc2)cc1. The number of nitrogens with zero attached hydrogens (tertiary/aromatic N) is 1. The molecule has 0 saturated heterocycles. The van der Waals surface area contributed by atoms with Crippen LogP contribution in [0.2, 0.25) is 0 Å². The third-order valence-electron chi connectivity index (χ3n) is 3.15. The van der Waals surface area contributed by atoms with Crippen molar-refractivity contribution in [3.63, 3.8) is 0 Å². The Hall–Kier alpha value is -1.74. The number of hydrogen-bond donors (Lipinski definition) is 1. The molecule has 0 aliphatic rings. The van der Waals surface area contributed by atoms with Crippen molar-refractivity contribution in [1.29, 1.82) is 0 Å². The fourth-order valence-corrected chi connectivity index (χ4v) is 3.28. The standard InChI is InChI=1S/C14H16N2O4S2/c1-16(2)22(19,20)14-9-5-12(6-10-14)11-3-7-13(8-4-11)21(15,17)18/h3-10H,1-2H3,(H2,15,17,18). The first kappa shape index (κ1) is 16.6. The summed E-state index contributed by atoms with van der Waals surface area (Å²) in [5.74, 6) is 0. The van der Waals surface area contributed by atoms with E-state index in [9.17, 15) is 16.8 Å². The Morgan fingerprint density at radius 1 is 0.727 bits per heavy atom. The summed E-state index contributed by atoms with van der Waals surface area (Å²) in [5.41, 5.74) is 1.54. The zero-order chi connectivity index (χ0) is 16.5. The molecule has 118 valence electrons.